The van der Waals surface area contributed by atoms with Crippen LogP contribution in [0.2, 0.25) is 0 Å². The normalized spacial score (nSPS) is 15.4. The number of carbonyl (C=O) groups is 1. The molecule has 1 amide bonds. The zero-order valence-corrected chi connectivity index (χ0v) is 18.8. The van der Waals surface area contributed by atoms with Crippen LogP contribution in [0, 0.1) is 6.92 Å². The average Bonchev–Trinajstić information content (AvgIpc) is 3.33. The van der Waals surface area contributed by atoms with Crippen LogP contribution >= 0.6 is 11.3 Å². The Morgan fingerprint density at radius 1 is 1.06 bits per heavy atom. The first-order valence-electron chi connectivity index (χ1n) is 10.7. The second kappa shape index (κ2) is 8.55. The summed E-state index contributed by atoms with van der Waals surface area (Å²) in [5.74, 6) is 0.720. The predicted molar refractivity (Wildman–Crippen MR) is 128 cm³/mol. The summed E-state index contributed by atoms with van der Waals surface area (Å²) in [6, 6.07) is 20.0. The minimum atomic E-state index is -0.464. The highest BCUT2D eigenvalue weighted by Crippen LogP contribution is 2.39. The maximum Gasteiger partial charge on any atom is 0.268 e. The zero-order chi connectivity index (χ0) is 22.1. The molecule has 5 nitrogen and oxygen atoms in total. The number of hydrogen-bond acceptors (Lipinski definition) is 5. The van der Waals surface area contributed by atoms with Crippen molar-refractivity contribution < 1.29 is 9.53 Å². The molecular formula is C26H23N3O2S. The number of amides is 1. The molecule has 1 aliphatic rings. The van der Waals surface area contributed by atoms with Gasteiger partial charge in [-0.2, -0.15) is 0 Å². The molecule has 2 aromatic heterocycles. The van der Waals surface area contributed by atoms with E-state index in [1.54, 1.807) is 17.5 Å². The fourth-order valence-corrected chi connectivity index (χ4v) is 4.60. The van der Waals surface area contributed by atoms with Gasteiger partial charge in [-0.25, -0.2) is 4.98 Å². The van der Waals surface area contributed by atoms with Crippen LogP contribution in [0.3, 0.4) is 0 Å². The number of rotatable bonds is 5. The van der Waals surface area contributed by atoms with Crippen molar-refractivity contribution in [1.29, 1.82) is 0 Å². The van der Waals surface area contributed by atoms with Crippen molar-refractivity contribution in [2.75, 3.05) is 4.90 Å². The van der Waals surface area contributed by atoms with E-state index in [0.717, 1.165) is 39.0 Å². The van der Waals surface area contributed by atoms with Gasteiger partial charge in [0.1, 0.15) is 10.8 Å². The van der Waals surface area contributed by atoms with E-state index in [1.807, 2.05) is 53.6 Å². The first-order chi connectivity index (χ1) is 15.6. The number of fused-ring (bicyclic) bond motifs is 1. The Morgan fingerprint density at radius 2 is 1.91 bits per heavy atom. The zero-order valence-electron chi connectivity index (χ0n) is 18.0. The number of nitrogens with zero attached hydrogens (tertiary/aromatic N) is 3. The lowest BCUT2D eigenvalue weighted by atomic mass is 10.1. The summed E-state index contributed by atoms with van der Waals surface area (Å²) in [4.78, 5) is 24.2. The van der Waals surface area contributed by atoms with Gasteiger partial charge in [-0.1, -0.05) is 42.8 Å². The van der Waals surface area contributed by atoms with Crippen molar-refractivity contribution in [2.24, 2.45) is 0 Å². The SMILES string of the molecule is CCC1Oc2ccc(-c3csc(-c4ccccn4)n3)cc2N(Cc2ccc(C)cc2)C1=O. The molecule has 0 bridgehead atoms. The predicted octanol–water partition coefficient (Wildman–Crippen LogP) is 5.88. The van der Waals surface area contributed by atoms with Crippen LogP contribution in [0.5, 0.6) is 5.75 Å². The third kappa shape index (κ3) is 3.89. The molecule has 5 rings (SSSR count). The monoisotopic (exact) mass is 441 g/mol. The van der Waals surface area contributed by atoms with Gasteiger partial charge < -0.3 is 9.64 Å². The average molecular weight is 442 g/mol. The quantitative estimate of drug-likeness (QED) is 0.388. The van der Waals surface area contributed by atoms with Gasteiger partial charge in [0.05, 0.1) is 23.6 Å². The van der Waals surface area contributed by atoms with E-state index in [0.29, 0.717) is 13.0 Å². The summed E-state index contributed by atoms with van der Waals surface area (Å²) in [7, 11) is 0. The standard InChI is InChI=1S/C26H23N3O2S/c1-3-23-26(30)29(15-18-9-7-17(2)8-10-18)22-14-19(11-12-24(22)31-23)21-16-32-25(28-21)20-6-4-5-13-27-20/h4-14,16,23H,3,15H2,1-2H3. The molecule has 0 spiro atoms. The van der Waals surface area contributed by atoms with Crippen LogP contribution in [0.1, 0.15) is 24.5 Å². The number of aromatic nitrogens is 2. The molecule has 1 unspecified atom stereocenters. The highest BCUT2D eigenvalue weighted by atomic mass is 32.1. The van der Waals surface area contributed by atoms with Crippen molar-refractivity contribution in [3.63, 3.8) is 0 Å². The minimum absolute atomic E-state index is 0.00910. The highest BCUT2D eigenvalue weighted by Gasteiger charge is 2.33. The highest BCUT2D eigenvalue weighted by molar-refractivity contribution is 7.13. The van der Waals surface area contributed by atoms with Gasteiger partial charge in [-0.05, 0) is 49.2 Å². The molecule has 0 saturated heterocycles. The number of benzene rings is 2. The summed E-state index contributed by atoms with van der Waals surface area (Å²) < 4.78 is 6.03. The molecule has 0 fully saturated rings. The maximum atomic E-state index is 13.2. The van der Waals surface area contributed by atoms with Crippen molar-refractivity contribution in [3.8, 4) is 27.7 Å². The Bertz CT molecular complexity index is 1250. The van der Waals surface area contributed by atoms with Gasteiger partial charge in [0, 0.05) is 17.1 Å². The summed E-state index contributed by atoms with van der Waals surface area (Å²) >= 11 is 1.56. The molecular weight excluding hydrogens is 418 g/mol. The minimum Gasteiger partial charge on any atom is -0.478 e. The molecule has 3 heterocycles. The van der Waals surface area contributed by atoms with E-state index < -0.39 is 6.10 Å². The van der Waals surface area contributed by atoms with Crippen molar-refractivity contribution in [2.45, 2.75) is 32.9 Å². The summed E-state index contributed by atoms with van der Waals surface area (Å²) in [5, 5.41) is 2.89. The van der Waals surface area contributed by atoms with Crippen molar-refractivity contribution in [3.05, 3.63) is 83.4 Å². The summed E-state index contributed by atoms with van der Waals surface area (Å²) in [5.41, 5.74) is 5.73. The third-order valence-corrected chi connectivity index (χ3v) is 6.44. The Kier molecular flexibility index (Phi) is 5.45. The molecule has 160 valence electrons. The molecule has 4 aromatic rings. The van der Waals surface area contributed by atoms with Crippen LogP contribution in [0.25, 0.3) is 22.0 Å². The Morgan fingerprint density at radius 3 is 2.66 bits per heavy atom. The van der Waals surface area contributed by atoms with Crippen LogP contribution < -0.4 is 9.64 Å². The maximum absolute atomic E-state index is 13.2. The first-order valence-corrected chi connectivity index (χ1v) is 11.6. The van der Waals surface area contributed by atoms with Gasteiger partial charge in [0.2, 0.25) is 0 Å². The molecule has 2 aromatic carbocycles. The lowest BCUT2D eigenvalue weighted by molar-refractivity contribution is -0.126. The van der Waals surface area contributed by atoms with E-state index in [4.69, 9.17) is 9.72 Å². The molecule has 0 aliphatic carbocycles. The van der Waals surface area contributed by atoms with E-state index in [2.05, 4.69) is 36.2 Å². The number of pyridine rings is 1. The topological polar surface area (TPSA) is 55.3 Å². The molecule has 6 heteroatoms. The lowest BCUT2D eigenvalue weighted by Crippen LogP contribution is -2.45. The summed E-state index contributed by atoms with van der Waals surface area (Å²) in [6.45, 7) is 4.54. The number of ether oxygens (including phenoxy) is 1. The van der Waals surface area contributed by atoms with Crippen LogP contribution in [-0.2, 0) is 11.3 Å². The largest absolute Gasteiger partial charge is 0.478 e. The first kappa shape index (κ1) is 20.4. The van der Waals surface area contributed by atoms with E-state index in [9.17, 15) is 4.79 Å². The number of aryl methyl sites for hydroxylation is 1. The molecule has 0 N–H and O–H groups in total. The van der Waals surface area contributed by atoms with Crippen molar-refractivity contribution in [1.82, 2.24) is 9.97 Å². The van der Waals surface area contributed by atoms with E-state index >= 15 is 0 Å². The Hall–Kier alpha value is -3.51. The van der Waals surface area contributed by atoms with Crippen molar-refractivity contribution >= 4 is 22.9 Å². The summed E-state index contributed by atoms with van der Waals surface area (Å²) in [6.07, 6.45) is 1.93. The van der Waals surface area contributed by atoms with E-state index in [-0.39, 0.29) is 5.91 Å². The van der Waals surface area contributed by atoms with Gasteiger partial charge >= 0.3 is 0 Å². The van der Waals surface area contributed by atoms with Crippen LogP contribution in [0.4, 0.5) is 5.69 Å². The molecule has 1 atom stereocenters. The third-order valence-electron chi connectivity index (χ3n) is 5.58. The fraction of sp³-hybridized carbons (Fsp3) is 0.192. The number of hydrogen-bond donors (Lipinski definition) is 0. The van der Waals surface area contributed by atoms with Gasteiger partial charge in [0.15, 0.2) is 6.10 Å². The second-order valence-corrected chi connectivity index (χ2v) is 8.72. The van der Waals surface area contributed by atoms with Gasteiger partial charge in [-0.3, -0.25) is 9.78 Å². The second-order valence-electron chi connectivity index (χ2n) is 7.86. The number of carbonyl (C=O) groups excluding carboxylic acids is 1. The van der Waals surface area contributed by atoms with Crippen LogP contribution in [0.15, 0.2) is 72.2 Å². The smallest absolute Gasteiger partial charge is 0.268 e. The number of anilines is 1. The fourth-order valence-electron chi connectivity index (χ4n) is 3.79. The Labute approximate surface area is 191 Å². The van der Waals surface area contributed by atoms with Crippen LogP contribution in [-0.4, -0.2) is 22.0 Å². The molecule has 32 heavy (non-hydrogen) atoms. The molecule has 0 saturated carbocycles. The van der Waals surface area contributed by atoms with Gasteiger partial charge in [0.25, 0.3) is 5.91 Å². The number of thiazole rings is 1. The Balaban J connectivity index is 1.51. The van der Waals surface area contributed by atoms with Gasteiger partial charge in [-0.15, -0.1) is 11.3 Å². The van der Waals surface area contributed by atoms with E-state index in [1.165, 1.54) is 5.56 Å². The lowest BCUT2D eigenvalue weighted by Gasteiger charge is -2.34. The molecule has 0 radical (unpaired) electrons. The molecule has 1 aliphatic heterocycles.